The Kier molecular flexibility index (Phi) is 6.13. The first-order chi connectivity index (χ1) is 11.4. The van der Waals surface area contributed by atoms with Gasteiger partial charge in [-0.3, -0.25) is 4.68 Å². The van der Waals surface area contributed by atoms with Gasteiger partial charge in [-0.25, -0.2) is 0 Å². The first-order valence-electron chi connectivity index (χ1n) is 8.31. The van der Waals surface area contributed by atoms with E-state index in [-0.39, 0.29) is 5.54 Å². The van der Waals surface area contributed by atoms with E-state index in [2.05, 4.69) is 67.7 Å². The Labute approximate surface area is 144 Å². The van der Waals surface area contributed by atoms with Gasteiger partial charge in [-0.15, -0.1) is 0 Å². The predicted molar refractivity (Wildman–Crippen MR) is 97.4 cm³/mol. The molecule has 5 nitrogen and oxygen atoms in total. The number of hydrogen-bond acceptors (Lipinski definition) is 4. The van der Waals surface area contributed by atoms with Crippen molar-refractivity contribution in [2.24, 2.45) is 0 Å². The fourth-order valence-electron chi connectivity index (χ4n) is 2.37. The molecule has 0 atom stereocenters. The van der Waals surface area contributed by atoms with Crippen molar-refractivity contribution in [2.45, 2.75) is 38.9 Å². The van der Waals surface area contributed by atoms with Crippen LogP contribution in [0, 0.1) is 11.3 Å². The maximum Gasteiger partial charge on any atom is 0.0968 e. The molecule has 2 rings (SSSR count). The Morgan fingerprint density at radius 2 is 1.96 bits per heavy atom. The molecule has 0 saturated heterocycles. The molecule has 24 heavy (non-hydrogen) atoms. The minimum Gasteiger partial charge on any atom is -0.311 e. The molecule has 1 N–H and O–H groups in total. The van der Waals surface area contributed by atoms with Crippen LogP contribution in [0.15, 0.2) is 36.5 Å². The van der Waals surface area contributed by atoms with E-state index in [1.54, 1.807) is 0 Å². The molecule has 0 aliphatic rings. The van der Waals surface area contributed by atoms with E-state index in [1.807, 2.05) is 22.9 Å². The molecule has 0 aliphatic heterocycles. The van der Waals surface area contributed by atoms with Crippen molar-refractivity contribution in [1.82, 2.24) is 20.0 Å². The zero-order valence-corrected chi connectivity index (χ0v) is 15.1. The molecule has 1 aromatic carbocycles. The first-order valence-corrected chi connectivity index (χ1v) is 8.31. The number of likely N-dealkylation sites (N-methyl/N-ethyl adjacent to an activating group) is 1. The van der Waals surface area contributed by atoms with Crippen LogP contribution in [0.2, 0.25) is 0 Å². The lowest BCUT2D eigenvalue weighted by Gasteiger charge is -2.32. The highest BCUT2D eigenvalue weighted by molar-refractivity contribution is 5.62. The van der Waals surface area contributed by atoms with Crippen LogP contribution in [-0.2, 0) is 13.1 Å². The highest BCUT2D eigenvalue weighted by atomic mass is 15.3. The second-order valence-corrected chi connectivity index (χ2v) is 6.85. The zero-order chi connectivity index (χ0) is 17.6. The molecule has 2 aromatic rings. The number of hydrogen-bond donors (Lipinski definition) is 1. The summed E-state index contributed by atoms with van der Waals surface area (Å²) in [4.78, 5) is 2.22. The van der Waals surface area contributed by atoms with Gasteiger partial charge in [-0.05, 0) is 27.9 Å². The minimum absolute atomic E-state index is 0.0870. The van der Waals surface area contributed by atoms with Crippen LogP contribution < -0.4 is 5.32 Å². The average molecular weight is 325 g/mol. The summed E-state index contributed by atoms with van der Waals surface area (Å²) in [6.45, 7) is 6.70. The van der Waals surface area contributed by atoms with Crippen molar-refractivity contribution in [3.05, 3.63) is 42.1 Å². The van der Waals surface area contributed by atoms with E-state index in [9.17, 15) is 0 Å². The van der Waals surface area contributed by atoms with Crippen LogP contribution in [0.1, 0.15) is 25.8 Å². The largest absolute Gasteiger partial charge is 0.311 e. The Hall–Kier alpha value is -2.16. The van der Waals surface area contributed by atoms with E-state index in [0.717, 1.165) is 29.9 Å². The lowest BCUT2D eigenvalue weighted by molar-refractivity contribution is 0.190. The molecule has 1 heterocycles. The van der Waals surface area contributed by atoms with Crippen LogP contribution >= 0.6 is 0 Å². The summed E-state index contributed by atoms with van der Waals surface area (Å²) in [5.41, 5.74) is 3.35. The van der Waals surface area contributed by atoms with E-state index >= 15 is 0 Å². The number of rotatable bonds is 8. The van der Waals surface area contributed by atoms with Crippen molar-refractivity contribution in [3.63, 3.8) is 0 Å². The van der Waals surface area contributed by atoms with Gasteiger partial charge in [0.05, 0.1) is 24.7 Å². The highest BCUT2D eigenvalue weighted by Crippen LogP contribution is 2.22. The van der Waals surface area contributed by atoms with Gasteiger partial charge < -0.3 is 10.2 Å². The molecule has 5 heteroatoms. The van der Waals surface area contributed by atoms with E-state index < -0.39 is 0 Å². The Morgan fingerprint density at radius 1 is 1.25 bits per heavy atom. The van der Waals surface area contributed by atoms with Gasteiger partial charge in [-0.1, -0.05) is 30.3 Å². The van der Waals surface area contributed by atoms with Crippen LogP contribution in [0.25, 0.3) is 11.3 Å². The Balaban J connectivity index is 2.15. The van der Waals surface area contributed by atoms with Crippen molar-refractivity contribution in [1.29, 1.82) is 5.26 Å². The number of nitrogens with zero attached hydrogens (tertiary/aromatic N) is 4. The van der Waals surface area contributed by atoms with Crippen molar-refractivity contribution < 1.29 is 0 Å². The monoisotopic (exact) mass is 325 g/mol. The number of nitriles is 1. The molecular weight excluding hydrogens is 298 g/mol. The second kappa shape index (κ2) is 8.09. The van der Waals surface area contributed by atoms with Gasteiger partial charge in [0.15, 0.2) is 0 Å². The van der Waals surface area contributed by atoms with Crippen molar-refractivity contribution in [3.8, 4) is 17.3 Å². The fourth-order valence-corrected chi connectivity index (χ4v) is 2.37. The highest BCUT2D eigenvalue weighted by Gasteiger charge is 2.20. The normalized spacial score (nSPS) is 11.7. The van der Waals surface area contributed by atoms with Crippen LogP contribution in [0.3, 0.4) is 0 Å². The summed E-state index contributed by atoms with van der Waals surface area (Å²) in [6.07, 6.45) is 2.52. The third kappa shape index (κ3) is 4.67. The molecule has 128 valence electrons. The summed E-state index contributed by atoms with van der Waals surface area (Å²) in [5.74, 6) is 0. The molecule has 0 amide bonds. The van der Waals surface area contributed by atoms with Crippen LogP contribution in [0.5, 0.6) is 0 Å². The van der Waals surface area contributed by atoms with E-state index in [4.69, 9.17) is 5.26 Å². The lowest BCUT2D eigenvalue weighted by atomic mass is 10.0. The summed E-state index contributed by atoms with van der Waals surface area (Å²) in [6, 6.07) is 12.4. The first kappa shape index (κ1) is 18.2. The van der Waals surface area contributed by atoms with Gasteiger partial charge in [0.1, 0.15) is 0 Å². The molecule has 0 saturated carbocycles. The SMILES string of the molecule is CN(C)C(C)(C)CNCc1cn(CCC#N)nc1-c1ccccc1. The number of aryl methyl sites for hydroxylation is 1. The van der Waals surface area contributed by atoms with Crippen LogP contribution in [0.4, 0.5) is 0 Å². The smallest absolute Gasteiger partial charge is 0.0968 e. The quantitative estimate of drug-likeness (QED) is 0.811. The second-order valence-electron chi connectivity index (χ2n) is 6.85. The molecular formula is C19H27N5. The molecule has 0 spiro atoms. The summed E-state index contributed by atoms with van der Waals surface area (Å²) < 4.78 is 1.87. The van der Waals surface area contributed by atoms with Crippen molar-refractivity contribution >= 4 is 0 Å². The standard InChI is InChI=1S/C19H27N5/c1-19(2,23(3)4)15-21-13-17-14-24(12-8-11-20)22-18(17)16-9-6-5-7-10-16/h5-7,9-10,14,21H,8,12-13,15H2,1-4H3. The zero-order valence-electron chi connectivity index (χ0n) is 15.1. The van der Waals surface area contributed by atoms with Gasteiger partial charge >= 0.3 is 0 Å². The summed E-state index contributed by atoms with van der Waals surface area (Å²) in [7, 11) is 4.19. The number of aromatic nitrogens is 2. The summed E-state index contributed by atoms with van der Waals surface area (Å²) >= 11 is 0. The van der Waals surface area contributed by atoms with Gasteiger partial charge in [-0.2, -0.15) is 10.4 Å². The topological polar surface area (TPSA) is 56.9 Å². The van der Waals surface area contributed by atoms with E-state index in [1.165, 1.54) is 0 Å². The predicted octanol–water partition coefficient (Wildman–Crippen LogP) is 2.89. The van der Waals surface area contributed by atoms with Crippen molar-refractivity contribution in [2.75, 3.05) is 20.6 Å². The third-order valence-electron chi connectivity index (χ3n) is 4.42. The average Bonchev–Trinajstić information content (AvgIpc) is 2.96. The third-order valence-corrected chi connectivity index (χ3v) is 4.42. The number of benzene rings is 1. The fraction of sp³-hybridized carbons (Fsp3) is 0.474. The molecule has 0 aliphatic carbocycles. The summed E-state index contributed by atoms with van der Waals surface area (Å²) in [5, 5.41) is 17.0. The maximum atomic E-state index is 8.80. The molecule has 0 unspecified atom stereocenters. The molecule has 0 fully saturated rings. The minimum atomic E-state index is 0.0870. The maximum absolute atomic E-state index is 8.80. The Bertz CT molecular complexity index is 680. The Morgan fingerprint density at radius 3 is 2.58 bits per heavy atom. The van der Waals surface area contributed by atoms with E-state index in [0.29, 0.717) is 13.0 Å². The van der Waals surface area contributed by atoms with Gasteiger partial charge in [0.25, 0.3) is 0 Å². The molecule has 0 radical (unpaired) electrons. The van der Waals surface area contributed by atoms with Gasteiger partial charge in [0, 0.05) is 36.0 Å². The molecule has 0 bridgehead atoms. The van der Waals surface area contributed by atoms with Gasteiger partial charge in [0.2, 0.25) is 0 Å². The molecule has 1 aromatic heterocycles. The van der Waals surface area contributed by atoms with Crippen LogP contribution in [-0.4, -0.2) is 40.9 Å². The lowest BCUT2D eigenvalue weighted by Crippen LogP contribution is -2.46. The number of nitrogens with one attached hydrogen (secondary N) is 1.